The van der Waals surface area contributed by atoms with Crippen LogP contribution in [-0.4, -0.2) is 21.7 Å². The Morgan fingerprint density at radius 2 is 1.82 bits per heavy atom. The molecule has 1 N–H and O–H groups in total. The third-order valence-electron chi connectivity index (χ3n) is 2.12. The zero-order valence-electron chi connectivity index (χ0n) is 9.21. The number of aromatic hydroxyl groups is 1. The second-order valence-electron chi connectivity index (χ2n) is 3.39. The maximum atomic E-state index is 9.17. The van der Waals surface area contributed by atoms with Gasteiger partial charge in [0.15, 0.2) is 11.6 Å². The second-order valence-corrected chi connectivity index (χ2v) is 3.39. The van der Waals surface area contributed by atoms with Crippen molar-refractivity contribution in [3.05, 3.63) is 49.3 Å². The molecule has 0 spiro atoms. The van der Waals surface area contributed by atoms with Gasteiger partial charge in [0.25, 0.3) is 0 Å². The molecule has 4 heteroatoms. The number of hydrogen-bond acceptors (Lipinski definition) is 4. The highest BCUT2D eigenvalue weighted by Gasteiger charge is 2.01. The van der Waals surface area contributed by atoms with Crippen LogP contribution in [0.5, 0.6) is 11.5 Å². The fraction of sp³-hybridized carbons (Fsp3) is 0.0769. The molecular weight excluding hydrogens is 216 g/mol. The van der Waals surface area contributed by atoms with Gasteiger partial charge in [0.05, 0.1) is 12.4 Å². The minimum Gasteiger partial charge on any atom is -0.508 e. The summed E-state index contributed by atoms with van der Waals surface area (Å²) in [6, 6.07) is 6.71. The van der Waals surface area contributed by atoms with E-state index in [2.05, 4.69) is 16.5 Å². The van der Waals surface area contributed by atoms with E-state index in [0.717, 1.165) is 5.56 Å². The number of nitrogens with zero attached hydrogens (tertiary/aromatic N) is 2. The lowest BCUT2D eigenvalue weighted by molar-refractivity contribution is 0.360. The average molecular weight is 228 g/mol. The van der Waals surface area contributed by atoms with Gasteiger partial charge >= 0.3 is 0 Å². The number of hydrogen-bond donors (Lipinski definition) is 1. The lowest BCUT2D eigenvalue weighted by Crippen LogP contribution is -1.95. The summed E-state index contributed by atoms with van der Waals surface area (Å²) in [6.45, 7) is 3.99. The molecule has 0 fully saturated rings. The Morgan fingerprint density at radius 1 is 1.18 bits per heavy atom. The Bertz CT molecular complexity index is 492. The van der Waals surface area contributed by atoms with Gasteiger partial charge in [-0.15, -0.1) is 0 Å². The van der Waals surface area contributed by atoms with Crippen molar-refractivity contribution < 1.29 is 9.84 Å². The first-order valence-electron chi connectivity index (χ1n) is 5.15. The molecule has 2 rings (SSSR count). The maximum absolute atomic E-state index is 9.17. The van der Waals surface area contributed by atoms with Crippen LogP contribution in [-0.2, 0) is 0 Å². The van der Waals surface area contributed by atoms with Gasteiger partial charge in [0, 0.05) is 5.56 Å². The fourth-order valence-electron chi connectivity index (χ4n) is 1.31. The molecule has 86 valence electrons. The molecule has 0 bridgehead atoms. The standard InChI is InChI=1S/C13H12N2O2/c1-2-7-17-12-8-14-13(15-9-12)10-3-5-11(16)6-4-10/h2-6,8-9,16H,1,7H2. The quantitative estimate of drug-likeness (QED) is 0.816. The van der Waals surface area contributed by atoms with Crippen molar-refractivity contribution in [1.82, 2.24) is 9.97 Å². The van der Waals surface area contributed by atoms with Crippen molar-refractivity contribution in [1.29, 1.82) is 0 Å². The molecular formula is C13H12N2O2. The van der Waals surface area contributed by atoms with Gasteiger partial charge in [-0.05, 0) is 24.3 Å². The fourth-order valence-corrected chi connectivity index (χ4v) is 1.31. The van der Waals surface area contributed by atoms with Crippen LogP contribution in [0, 0.1) is 0 Å². The van der Waals surface area contributed by atoms with Gasteiger partial charge in [-0.25, -0.2) is 9.97 Å². The molecule has 0 amide bonds. The van der Waals surface area contributed by atoms with Crippen molar-refractivity contribution in [2.24, 2.45) is 0 Å². The van der Waals surface area contributed by atoms with E-state index in [9.17, 15) is 5.11 Å². The van der Waals surface area contributed by atoms with Crippen LogP contribution in [0.25, 0.3) is 11.4 Å². The Morgan fingerprint density at radius 3 is 2.41 bits per heavy atom. The van der Waals surface area contributed by atoms with E-state index in [1.807, 2.05) is 0 Å². The first-order chi connectivity index (χ1) is 8.29. The van der Waals surface area contributed by atoms with Crippen LogP contribution in [0.4, 0.5) is 0 Å². The predicted octanol–water partition coefficient (Wildman–Crippen LogP) is 2.41. The summed E-state index contributed by atoms with van der Waals surface area (Å²) in [5.41, 5.74) is 0.845. The van der Waals surface area contributed by atoms with Crippen molar-refractivity contribution in [3.8, 4) is 22.9 Å². The third-order valence-corrected chi connectivity index (χ3v) is 2.12. The summed E-state index contributed by atoms with van der Waals surface area (Å²) < 4.78 is 5.28. The SMILES string of the molecule is C=CCOc1cnc(-c2ccc(O)cc2)nc1. The van der Waals surface area contributed by atoms with Crippen molar-refractivity contribution in [2.75, 3.05) is 6.61 Å². The topological polar surface area (TPSA) is 55.2 Å². The van der Waals surface area contributed by atoms with Crippen LogP contribution in [0.15, 0.2) is 49.3 Å². The van der Waals surface area contributed by atoms with E-state index >= 15 is 0 Å². The average Bonchev–Trinajstić information content (AvgIpc) is 2.38. The van der Waals surface area contributed by atoms with E-state index in [-0.39, 0.29) is 5.75 Å². The van der Waals surface area contributed by atoms with E-state index < -0.39 is 0 Å². The molecule has 0 unspecified atom stereocenters. The Labute approximate surface area is 99.2 Å². The maximum Gasteiger partial charge on any atom is 0.159 e. The first-order valence-corrected chi connectivity index (χ1v) is 5.15. The van der Waals surface area contributed by atoms with Gasteiger partial charge in [-0.3, -0.25) is 0 Å². The Hall–Kier alpha value is -2.36. The van der Waals surface area contributed by atoms with Gasteiger partial charge < -0.3 is 9.84 Å². The molecule has 1 aromatic carbocycles. The number of benzene rings is 1. The van der Waals surface area contributed by atoms with Gasteiger partial charge in [0.1, 0.15) is 12.4 Å². The normalized spacial score (nSPS) is 9.88. The predicted molar refractivity (Wildman–Crippen MR) is 64.8 cm³/mol. The van der Waals surface area contributed by atoms with Crippen molar-refractivity contribution >= 4 is 0 Å². The molecule has 0 aliphatic carbocycles. The van der Waals surface area contributed by atoms with Crippen LogP contribution >= 0.6 is 0 Å². The van der Waals surface area contributed by atoms with Gasteiger partial charge in [-0.2, -0.15) is 0 Å². The molecule has 17 heavy (non-hydrogen) atoms. The highest BCUT2D eigenvalue weighted by atomic mass is 16.5. The van der Waals surface area contributed by atoms with Crippen LogP contribution in [0.3, 0.4) is 0 Å². The lowest BCUT2D eigenvalue weighted by Gasteiger charge is -2.03. The summed E-state index contributed by atoms with van der Waals surface area (Å²) in [5, 5.41) is 9.17. The molecule has 0 saturated heterocycles. The zero-order valence-corrected chi connectivity index (χ0v) is 9.21. The van der Waals surface area contributed by atoms with E-state index in [4.69, 9.17) is 4.74 Å². The molecule has 0 aliphatic rings. The lowest BCUT2D eigenvalue weighted by atomic mass is 10.2. The number of aromatic nitrogens is 2. The molecule has 1 heterocycles. The van der Waals surface area contributed by atoms with E-state index in [1.54, 1.807) is 42.7 Å². The summed E-state index contributed by atoms with van der Waals surface area (Å²) in [7, 11) is 0. The van der Waals surface area contributed by atoms with Gasteiger partial charge in [-0.1, -0.05) is 12.7 Å². The summed E-state index contributed by atoms with van der Waals surface area (Å²) >= 11 is 0. The van der Waals surface area contributed by atoms with E-state index in [0.29, 0.717) is 18.2 Å². The van der Waals surface area contributed by atoms with Crippen LogP contribution in [0.2, 0.25) is 0 Å². The first kappa shape index (κ1) is 11.1. The number of phenols is 1. The van der Waals surface area contributed by atoms with Crippen molar-refractivity contribution in [3.63, 3.8) is 0 Å². The largest absolute Gasteiger partial charge is 0.508 e. The summed E-state index contributed by atoms with van der Waals surface area (Å²) in [5.74, 6) is 1.42. The van der Waals surface area contributed by atoms with Gasteiger partial charge in [0.2, 0.25) is 0 Å². The summed E-state index contributed by atoms with van der Waals surface area (Å²) in [6.07, 6.45) is 4.88. The monoisotopic (exact) mass is 228 g/mol. The molecule has 0 aliphatic heterocycles. The Balaban J connectivity index is 2.17. The van der Waals surface area contributed by atoms with Crippen LogP contribution < -0.4 is 4.74 Å². The molecule has 0 atom stereocenters. The Kier molecular flexibility index (Phi) is 3.35. The molecule has 0 saturated carbocycles. The third kappa shape index (κ3) is 2.81. The second kappa shape index (κ2) is 5.12. The minimum atomic E-state index is 0.222. The summed E-state index contributed by atoms with van der Waals surface area (Å²) in [4.78, 5) is 8.36. The van der Waals surface area contributed by atoms with E-state index in [1.165, 1.54) is 0 Å². The van der Waals surface area contributed by atoms with Crippen molar-refractivity contribution in [2.45, 2.75) is 0 Å². The highest BCUT2D eigenvalue weighted by Crippen LogP contribution is 2.19. The number of ether oxygens (including phenoxy) is 1. The zero-order chi connectivity index (χ0) is 12.1. The molecule has 0 radical (unpaired) electrons. The minimum absolute atomic E-state index is 0.222. The number of phenolic OH excluding ortho intramolecular Hbond substituents is 1. The molecule has 4 nitrogen and oxygen atoms in total. The molecule has 1 aromatic heterocycles. The smallest absolute Gasteiger partial charge is 0.159 e. The van der Waals surface area contributed by atoms with Crippen LogP contribution in [0.1, 0.15) is 0 Å². The number of rotatable bonds is 4. The molecule has 2 aromatic rings. The highest BCUT2D eigenvalue weighted by molar-refractivity contribution is 5.55.